The molecule has 2 heteroatoms. The zero-order valence-corrected chi connectivity index (χ0v) is 11.6. The fourth-order valence-electron chi connectivity index (χ4n) is 3.45. The molecule has 2 aliphatic carbocycles. The molecule has 0 amide bonds. The van der Waals surface area contributed by atoms with Gasteiger partial charge in [0.05, 0.1) is 12.7 Å². The van der Waals surface area contributed by atoms with E-state index in [-0.39, 0.29) is 0 Å². The van der Waals surface area contributed by atoms with Gasteiger partial charge in [-0.1, -0.05) is 19.8 Å². The zero-order chi connectivity index (χ0) is 12.1. The summed E-state index contributed by atoms with van der Waals surface area (Å²) in [5.41, 5.74) is 0. The van der Waals surface area contributed by atoms with E-state index in [4.69, 9.17) is 4.74 Å². The molecule has 0 aromatic heterocycles. The molecule has 2 aliphatic rings. The third kappa shape index (κ3) is 3.96. The van der Waals surface area contributed by atoms with Crippen molar-refractivity contribution in [3.63, 3.8) is 0 Å². The molecule has 0 bridgehead atoms. The predicted molar refractivity (Wildman–Crippen MR) is 72.2 cm³/mol. The molecule has 2 fully saturated rings. The largest absolute Gasteiger partial charge is 0.377 e. The highest BCUT2D eigenvalue weighted by atomic mass is 16.5. The average molecular weight is 239 g/mol. The Morgan fingerprint density at radius 3 is 2.29 bits per heavy atom. The fraction of sp³-hybridized carbons (Fsp3) is 1.00. The van der Waals surface area contributed by atoms with Crippen LogP contribution in [0, 0.1) is 11.8 Å². The molecule has 1 unspecified atom stereocenters. The van der Waals surface area contributed by atoms with Crippen LogP contribution in [-0.4, -0.2) is 25.8 Å². The van der Waals surface area contributed by atoms with Gasteiger partial charge in [0.25, 0.3) is 0 Å². The van der Waals surface area contributed by atoms with Crippen molar-refractivity contribution in [2.24, 2.45) is 11.8 Å². The van der Waals surface area contributed by atoms with Crippen molar-refractivity contribution in [3.05, 3.63) is 0 Å². The first-order valence-corrected chi connectivity index (χ1v) is 7.58. The maximum Gasteiger partial charge on any atom is 0.0625 e. The summed E-state index contributed by atoms with van der Waals surface area (Å²) in [5, 5.41) is 3.47. The van der Waals surface area contributed by atoms with E-state index >= 15 is 0 Å². The van der Waals surface area contributed by atoms with Crippen LogP contribution in [0.3, 0.4) is 0 Å². The molecule has 2 rings (SSSR count). The molecule has 0 heterocycles. The number of ether oxygens (including phenoxy) is 1. The molecule has 17 heavy (non-hydrogen) atoms. The van der Waals surface area contributed by atoms with Gasteiger partial charge in [-0.15, -0.1) is 0 Å². The Morgan fingerprint density at radius 2 is 1.71 bits per heavy atom. The SMILES string of the molecule is CNC(COC1CCC(C)CC1)C1CCCC1. The van der Waals surface area contributed by atoms with Crippen molar-refractivity contribution in [1.29, 1.82) is 0 Å². The molecule has 0 aliphatic heterocycles. The topological polar surface area (TPSA) is 21.3 Å². The van der Waals surface area contributed by atoms with E-state index in [1.54, 1.807) is 0 Å². The molecule has 0 spiro atoms. The Labute approximate surface area is 107 Å². The molecular formula is C15H29NO. The predicted octanol–water partition coefficient (Wildman–Crippen LogP) is 3.36. The van der Waals surface area contributed by atoms with E-state index in [2.05, 4.69) is 19.3 Å². The van der Waals surface area contributed by atoms with Gasteiger partial charge in [0.15, 0.2) is 0 Å². The second kappa shape index (κ2) is 6.75. The lowest BCUT2D eigenvalue weighted by Gasteiger charge is -2.29. The Balaban J connectivity index is 1.68. The first kappa shape index (κ1) is 13.4. The van der Waals surface area contributed by atoms with Crippen LogP contribution in [0.5, 0.6) is 0 Å². The summed E-state index contributed by atoms with van der Waals surface area (Å²) >= 11 is 0. The highest BCUT2D eigenvalue weighted by molar-refractivity contribution is 4.80. The quantitative estimate of drug-likeness (QED) is 0.794. The second-order valence-corrected chi connectivity index (χ2v) is 6.15. The maximum atomic E-state index is 6.13. The van der Waals surface area contributed by atoms with E-state index < -0.39 is 0 Å². The van der Waals surface area contributed by atoms with Crippen LogP contribution in [0.25, 0.3) is 0 Å². The smallest absolute Gasteiger partial charge is 0.0625 e. The summed E-state index contributed by atoms with van der Waals surface area (Å²) in [5.74, 6) is 1.78. The van der Waals surface area contributed by atoms with Crippen molar-refractivity contribution >= 4 is 0 Å². The van der Waals surface area contributed by atoms with Crippen molar-refractivity contribution in [1.82, 2.24) is 5.32 Å². The van der Waals surface area contributed by atoms with Crippen molar-refractivity contribution in [2.75, 3.05) is 13.7 Å². The van der Waals surface area contributed by atoms with Gasteiger partial charge >= 0.3 is 0 Å². The van der Waals surface area contributed by atoms with Crippen molar-refractivity contribution in [2.45, 2.75) is 70.4 Å². The van der Waals surface area contributed by atoms with Crippen LogP contribution >= 0.6 is 0 Å². The Bertz CT molecular complexity index is 205. The lowest BCUT2D eigenvalue weighted by atomic mass is 9.89. The van der Waals surface area contributed by atoms with Gasteiger partial charge in [-0.05, 0) is 57.4 Å². The van der Waals surface area contributed by atoms with E-state index in [1.165, 1.54) is 51.4 Å². The van der Waals surface area contributed by atoms with Crippen molar-refractivity contribution < 1.29 is 4.74 Å². The standard InChI is InChI=1S/C15H29NO/c1-12-7-9-14(10-8-12)17-11-15(16-2)13-5-3-4-6-13/h12-16H,3-11H2,1-2H3. The summed E-state index contributed by atoms with van der Waals surface area (Å²) in [7, 11) is 2.09. The summed E-state index contributed by atoms with van der Waals surface area (Å²) in [6.45, 7) is 3.30. The van der Waals surface area contributed by atoms with Gasteiger partial charge < -0.3 is 10.1 Å². The lowest BCUT2D eigenvalue weighted by Crippen LogP contribution is -2.38. The maximum absolute atomic E-state index is 6.13. The minimum absolute atomic E-state index is 0.545. The number of rotatable bonds is 5. The van der Waals surface area contributed by atoms with Gasteiger partial charge in [-0.25, -0.2) is 0 Å². The van der Waals surface area contributed by atoms with Gasteiger partial charge in [0.2, 0.25) is 0 Å². The molecule has 1 N–H and O–H groups in total. The molecule has 0 radical (unpaired) electrons. The monoisotopic (exact) mass is 239 g/mol. The Kier molecular flexibility index (Phi) is 5.30. The van der Waals surface area contributed by atoms with Crippen LogP contribution in [-0.2, 0) is 4.74 Å². The van der Waals surface area contributed by atoms with E-state index in [1.807, 2.05) is 0 Å². The minimum Gasteiger partial charge on any atom is -0.377 e. The van der Waals surface area contributed by atoms with E-state index in [0.717, 1.165) is 18.4 Å². The van der Waals surface area contributed by atoms with Crippen LogP contribution in [0.1, 0.15) is 58.3 Å². The highest BCUT2D eigenvalue weighted by Crippen LogP contribution is 2.29. The Hall–Kier alpha value is -0.0800. The second-order valence-electron chi connectivity index (χ2n) is 6.15. The van der Waals surface area contributed by atoms with E-state index in [9.17, 15) is 0 Å². The third-order valence-corrected chi connectivity index (χ3v) is 4.81. The number of nitrogens with one attached hydrogen (secondary N) is 1. The van der Waals surface area contributed by atoms with Crippen LogP contribution in [0.4, 0.5) is 0 Å². The van der Waals surface area contributed by atoms with Gasteiger partial charge in [-0.3, -0.25) is 0 Å². The number of hydrogen-bond donors (Lipinski definition) is 1. The normalized spacial score (nSPS) is 32.8. The molecule has 100 valence electrons. The zero-order valence-electron chi connectivity index (χ0n) is 11.6. The molecule has 0 aromatic rings. The fourth-order valence-corrected chi connectivity index (χ4v) is 3.45. The van der Waals surface area contributed by atoms with Crippen LogP contribution in [0.2, 0.25) is 0 Å². The summed E-state index contributed by atoms with van der Waals surface area (Å²) in [6.07, 6.45) is 11.5. The minimum atomic E-state index is 0.545. The average Bonchev–Trinajstić information content (AvgIpc) is 2.86. The molecular weight excluding hydrogens is 210 g/mol. The Morgan fingerprint density at radius 1 is 1.06 bits per heavy atom. The summed E-state index contributed by atoms with van der Waals surface area (Å²) in [4.78, 5) is 0. The summed E-state index contributed by atoms with van der Waals surface area (Å²) < 4.78 is 6.13. The molecule has 0 aromatic carbocycles. The molecule has 0 saturated heterocycles. The summed E-state index contributed by atoms with van der Waals surface area (Å²) in [6, 6.07) is 0.594. The van der Waals surface area contributed by atoms with Crippen LogP contribution < -0.4 is 5.32 Å². The highest BCUT2D eigenvalue weighted by Gasteiger charge is 2.25. The first-order valence-electron chi connectivity index (χ1n) is 7.58. The van der Waals surface area contributed by atoms with E-state index in [0.29, 0.717) is 12.1 Å². The lowest BCUT2D eigenvalue weighted by molar-refractivity contribution is 0.00146. The van der Waals surface area contributed by atoms with Gasteiger partial charge in [-0.2, -0.15) is 0 Å². The third-order valence-electron chi connectivity index (χ3n) is 4.81. The molecule has 2 saturated carbocycles. The van der Waals surface area contributed by atoms with Crippen molar-refractivity contribution in [3.8, 4) is 0 Å². The number of hydrogen-bond acceptors (Lipinski definition) is 2. The molecule has 1 atom stereocenters. The molecule has 2 nitrogen and oxygen atoms in total. The van der Waals surface area contributed by atoms with Gasteiger partial charge in [0.1, 0.15) is 0 Å². The van der Waals surface area contributed by atoms with Crippen LogP contribution in [0.15, 0.2) is 0 Å². The van der Waals surface area contributed by atoms with Gasteiger partial charge in [0, 0.05) is 6.04 Å². The first-order chi connectivity index (χ1) is 8.29. The number of likely N-dealkylation sites (N-methyl/N-ethyl adjacent to an activating group) is 1.